The molecule has 0 spiro atoms. The van der Waals surface area contributed by atoms with E-state index in [1.54, 1.807) is 25.6 Å². The number of benzene rings is 2. The smallest absolute Gasteiger partial charge is 0.163 e. The number of fused-ring (bicyclic) bond motifs is 2. The maximum absolute atomic E-state index is 11.6. The second-order valence-electron chi connectivity index (χ2n) is 7.04. The second-order valence-corrected chi connectivity index (χ2v) is 7.04. The molecule has 0 unspecified atom stereocenters. The van der Waals surface area contributed by atoms with Crippen molar-refractivity contribution in [3.8, 4) is 17.1 Å². The second kappa shape index (κ2) is 7.40. The summed E-state index contributed by atoms with van der Waals surface area (Å²) in [6, 6.07) is 15.5. The third-order valence-corrected chi connectivity index (χ3v) is 5.04. The van der Waals surface area contributed by atoms with E-state index in [-0.39, 0.29) is 5.78 Å². The van der Waals surface area contributed by atoms with Crippen LogP contribution in [0.4, 0.5) is 11.5 Å². The number of rotatable bonds is 4. The predicted molar refractivity (Wildman–Crippen MR) is 117 cm³/mol. The summed E-state index contributed by atoms with van der Waals surface area (Å²) in [7, 11) is 1.64. The predicted octanol–water partition coefficient (Wildman–Crippen LogP) is 4.58. The largest absolute Gasteiger partial charge is 0.497 e. The molecule has 30 heavy (non-hydrogen) atoms. The minimum absolute atomic E-state index is 0.123. The Morgan fingerprint density at radius 2 is 1.97 bits per heavy atom. The average molecular weight is 394 g/mol. The lowest BCUT2D eigenvalue weighted by molar-refractivity contribution is -0.114. The maximum atomic E-state index is 11.6. The van der Waals surface area contributed by atoms with Gasteiger partial charge in [0.05, 0.1) is 12.6 Å². The van der Waals surface area contributed by atoms with E-state index in [2.05, 4.69) is 10.3 Å². The van der Waals surface area contributed by atoms with Gasteiger partial charge in [0.15, 0.2) is 11.6 Å². The van der Waals surface area contributed by atoms with Crippen LogP contribution >= 0.6 is 0 Å². The molecular weight excluding hydrogens is 376 g/mol. The highest BCUT2D eigenvalue weighted by atomic mass is 16.5. The molecule has 0 atom stereocenters. The number of hydrogen-bond donors (Lipinski definition) is 1. The Bertz CT molecular complexity index is 1300. The molecule has 6 nitrogen and oxygen atoms in total. The molecule has 0 amide bonds. The van der Waals surface area contributed by atoms with Crippen molar-refractivity contribution in [2.45, 2.75) is 6.42 Å². The zero-order chi connectivity index (χ0) is 20.5. The summed E-state index contributed by atoms with van der Waals surface area (Å²) < 4.78 is 5.39. The molecular formula is C24H18N4O2. The summed E-state index contributed by atoms with van der Waals surface area (Å²) in [5.74, 6) is 2.12. The SMILES string of the molecule is COc1ccc2nc(-c3cccnc3)nc(Nc3ccc4c(c3)C=CC(=O)C4)c2c1. The number of carbonyl (C=O) groups excluding carboxylic acids is 1. The first kappa shape index (κ1) is 18.0. The van der Waals surface area contributed by atoms with Crippen molar-refractivity contribution >= 4 is 34.3 Å². The molecule has 1 aliphatic carbocycles. The van der Waals surface area contributed by atoms with Crippen molar-refractivity contribution in [2.75, 3.05) is 12.4 Å². The molecule has 1 N–H and O–H groups in total. The van der Waals surface area contributed by atoms with Crippen LogP contribution in [-0.2, 0) is 11.2 Å². The standard InChI is InChI=1S/C24H18N4O2/c1-30-20-8-9-22-21(13-20)24(28-23(27-22)17-3-2-10-25-14-17)26-18-6-4-16-12-19(29)7-5-15(16)11-18/h2-11,13-14H,12H2,1H3,(H,26,27,28). The first-order valence-corrected chi connectivity index (χ1v) is 9.57. The Labute approximate surface area is 173 Å². The van der Waals surface area contributed by atoms with Gasteiger partial charge in [-0.2, -0.15) is 0 Å². The summed E-state index contributed by atoms with van der Waals surface area (Å²) in [6.45, 7) is 0. The van der Waals surface area contributed by atoms with Gasteiger partial charge in [-0.1, -0.05) is 12.1 Å². The van der Waals surface area contributed by atoms with Crippen LogP contribution in [0, 0.1) is 0 Å². The van der Waals surface area contributed by atoms with Crippen molar-refractivity contribution in [3.05, 3.63) is 78.1 Å². The summed E-state index contributed by atoms with van der Waals surface area (Å²) in [5, 5.41) is 4.28. The normalized spacial score (nSPS) is 12.6. The summed E-state index contributed by atoms with van der Waals surface area (Å²) in [4.78, 5) is 25.3. The van der Waals surface area contributed by atoms with E-state index in [4.69, 9.17) is 14.7 Å². The number of pyridine rings is 1. The summed E-state index contributed by atoms with van der Waals surface area (Å²) >= 11 is 0. The van der Waals surface area contributed by atoms with Crippen molar-refractivity contribution in [1.29, 1.82) is 0 Å². The van der Waals surface area contributed by atoms with Crippen LogP contribution in [0.25, 0.3) is 28.4 Å². The van der Waals surface area contributed by atoms with Crippen LogP contribution in [0.15, 0.2) is 67.0 Å². The molecule has 1 aliphatic rings. The van der Waals surface area contributed by atoms with Gasteiger partial charge in [0.2, 0.25) is 0 Å². The lowest BCUT2D eigenvalue weighted by Gasteiger charge is -2.15. The lowest BCUT2D eigenvalue weighted by atomic mass is 9.96. The van der Waals surface area contributed by atoms with Gasteiger partial charge in [-0.05, 0) is 59.7 Å². The van der Waals surface area contributed by atoms with E-state index in [9.17, 15) is 4.79 Å². The number of carbonyl (C=O) groups is 1. The molecule has 4 aromatic rings. The quantitative estimate of drug-likeness (QED) is 0.546. The number of methoxy groups -OCH3 is 1. The van der Waals surface area contributed by atoms with E-state index >= 15 is 0 Å². The Morgan fingerprint density at radius 3 is 2.80 bits per heavy atom. The van der Waals surface area contributed by atoms with E-state index in [1.165, 1.54) is 0 Å². The highest BCUT2D eigenvalue weighted by Gasteiger charge is 2.14. The third kappa shape index (κ3) is 3.39. The molecule has 0 radical (unpaired) electrons. The molecule has 5 rings (SSSR count). The molecule has 2 aromatic carbocycles. The van der Waals surface area contributed by atoms with Crippen LogP contribution in [0.3, 0.4) is 0 Å². The highest BCUT2D eigenvalue weighted by molar-refractivity contribution is 5.99. The number of aromatic nitrogens is 3. The van der Waals surface area contributed by atoms with Gasteiger partial charge in [0, 0.05) is 35.5 Å². The summed E-state index contributed by atoms with van der Waals surface area (Å²) in [6.07, 6.45) is 7.38. The van der Waals surface area contributed by atoms with Gasteiger partial charge in [-0.3, -0.25) is 9.78 Å². The molecule has 2 heterocycles. The van der Waals surface area contributed by atoms with Gasteiger partial charge < -0.3 is 10.1 Å². The highest BCUT2D eigenvalue weighted by Crippen LogP contribution is 2.31. The lowest BCUT2D eigenvalue weighted by Crippen LogP contribution is -2.06. The Kier molecular flexibility index (Phi) is 4.44. The third-order valence-electron chi connectivity index (χ3n) is 5.04. The van der Waals surface area contributed by atoms with Gasteiger partial charge >= 0.3 is 0 Å². The fourth-order valence-corrected chi connectivity index (χ4v) is 3.51. The van der Waals surface area contributed by atoms with Gasteiger partial charge in [0.25, 0.3) is 0 Å². The van der Waals surface area contributed by atoms with E-state index in [1.807, 2.05) is 54.6 Å². The van der Waals surface area contributed by atoms with E-state index < -0.39 is 0 Å². The average Bonchev–Trinajstić information content (AvgIpc) is 2.79. The van der Waals surface area contributed by atoms with Crippen molar-refractivity contribution in [1.82, 2.24) is 15.0 Å². The Balaban J connectivity index is 1.62. The summed E-state index contributed by atoms with van der Waals surface area (Å²) in [5.41, 5.74) is 4.58. The molecule has 0 fully saturated rings. The number of ether oxygens (including phenoxy) is 1. The number of allylic oxidation sites excluding steroid dienone is 1. The van der Waals surface area contributed by atoms with Crippen LogP contribution in [0.2, 0.25) is 0 Å². The fourth-order valence-electron chi connectivity index (χ4n) is 3.51. The number of ketones is 1. The zero-order valence-corrected chi connectivity index (χ0v) is 16.3. The molecule has 6 heteroatoms. The van der Waals surface area contributed by atoms with Crippen molar-refractivity contribution in [2.24, 2.45) is 0 Å². The molecule has 2 aromatic heterocycles. The van der Waals surface area contributed by atoms with Crippen LogP contribution in [0.1, 0.15) is 11.1 Å². The maximum Gasteiger partial charge on any atom is 0.163 e. The van der Waals surface area contributed by atoms with Gasteiger partial charge in [-0.25, -0.2) is 9.97 Å². The topological polar surface area (TPSA) is 77.0 Å². The Hall–Kier alpha value is -4.06. The number of nitrogens with one attached hydrogen (secondary N) is 1. The van der Waals surface area contributed by atoms with Crippen LogP contribution in [-0.4, -0.2) is 27.8 Å². The van der Waals surface area contributed by atoms with Crippen LogP contribution in [0.5, 0.6) is 5.75 Å². The fraction of sp³-hybridized carbons (Fsp3) is 0.0833. The number of hydrogen-bond acceptors (Lipinski definition) is 6. The van der Waals surface area contributed by atoms with Crippen LogP contribution < -0.4 is 10.1 Å². The Morgan fingerprint density at radius 1 is 1.03 bits per heavy atom. The monoisotopic (exact) mass is 394 g/mol. The van der Waals surface area contributed by atoms with Crippen molar-refractivity contribution < 1.29 is 9.53 Å². The molecule has 0 bridgehead atoms. The minimum atomic E-state index is 0.123. The minimum Gasteiger partial charge on any atom is -0.497 e. The van der Waals surface area contributed by atoms with Gasteiger partial charge in [0.1, 0.15) is 11.6 Å². The zero-order valence-electron chi connectivity index (χ0n) is 16.3. The van der Waals surface area contributed by atoms with E-state index in [0.29, 0.717) is 18.1 Å². The number of anilines is 2. The first-order chi connectivity index (χ1) is 14.7. The molecule has 0 saturated carbocycles. The first-order valence-electron chi connectivity index (χ1n) is 9.57. The molecule has 0 saturated heterocycles. The number of nitrogens with zero attached hydrogens (tertiary/aromatic N) is 3. The van der Waals surface area contributed by atoms with Gasteiger partial charge in [-0.15, -0.1) is 0 Å². The molecule has 0 aliphatic heterocycles. The van der Waals surface area contributed by atoms with E-state index in [0.717, 1.165) is 39.0 Å². The van der Waals surface area contributed by atoms with Crippen molar-refractivity contribution in [3.63, 3.8) is 0 Å². The molecule has 146 valence electrons.